The van der Waals surface area contributed by atoms with E-state index < -0.39 is 17.7 Å². The van der Waals surface area contributed by atoms with Gasteiger partial charge in [-0.25, -0.2) is 0 Å². The van der Waals surface area contributed by atoms with Crippen LogP contribution in [-0.4, -0.2) is 35.4 Å². The number of ketones is 1. The van der Waals surface area contributed by atoms with Crippen LogP contribution in [-0.2, 0) is 9.59 Å². The molecular weight excluding hydrogens is 413 g/mol. The van der Waals surface area contributed by atoms with Crippen LogP contribution in [0.5, 0.6) is 5.75 Å². The van der Waals surface area contributed by atoms with Crippen molar-refractivity contribution >= 4 is 40.7 Å². The summed E-state index contributed by atoms with van der Waals surface area (Å²) in [5, 5.41) is 11.8. The highest BCUT2D eigenvalue weighted by molar-refractivity contribution is 6.47. The summed E-state index contributed by atoms with van der Waals surface area (Å²) >= 11 is 12.3. The molecule has 7 heteroatoms. The Morgan fingerprint density at radius 2 is 1.83 bits per heavy atom. The Bertz CT molecular complexity index is 969. The maximum absolute atomic E-state index is 12.9. The van der Waals surface area contributed by atoms with Crippen LogP contribution in [0.3, 0.4) is 0 Å². The number of unbranched alkanes of at least 4 members (excludes halogenated alkanes) is 1. The van der Waals surface area contributed by atoms with E-state index in [0.717, 1.165) is 12.8 Å². The minimum atomic E-state index is -0.738. The fourth-order valence-electron chi connectivity index (χ4n) is 3.39. The molecule has 1 unspecified atom stereocenters. The highest BCUT2D eigenvalue weighted by Crippen LogP contribution is 2.41. The number of Topliss-reactive ketones (excluding diaryl/α,β-unsaturated/α-hetero) is 1. The molecule has 0 spiro atoms. The molecule has 1 N–H and O–H groups in total. The number of aliphatic hydroxyl groups is 1. The minimum Gasteiger partial charge on any atom is -0.507 e. The topological polar surface area (TPSA) is 66.8 Å². The summed E-state index contributed by atoms with van der Waals surface area (Å²) in [6, 6.07) is 10.9. The quantitative estimate of drug-likeness (QED) is 0.385. The number of amides is 1. The van der Waals surface area contributed by atoms with E-state index in [0.29, 0.717) is 22.9 Å². The summed E-state index contributed by atoms with van der Waals surface area (Å²) < 4.78 is 5.20. The predicted octanol–water partition coefficient (Wildman–Crippen LogP) is 5.22. The third kappa shape index (κ3) is 4.11. The smallest absolute Gasteiger partial charge is 0.295 e. The Balaban J connectivity index is 2.20. The van der Waals surface area contributed by atoms with Crippen LogP contribution in [0.1, 0.15) is 36.9 Å². The van der Waals surface area contributed by atoms with E-state index in [1.807, 2.05) is 6.92 Å². The Hall–Kier alpha value is -2.50. The summed E-state index contributed by atoms with van der Waals surface area (Å²) in [5.41, 5.74) is 0.923. The maximum atomic E-state index is 12.9. The summed E-state index contributed by atoms with van der Waals surface area (Å²) in [7, 11) is 1.49. The zero-order valence-corrected chi connectivity index (χ0v) is 17.6. The Kier molecular flexibility index (Phi) is 6.50. The van der Waals surface area contributed by atoms with Gasteiger partial charge in [-0.1, -0.05) is 48.7 Å². The Morgan fingerprint density at radius 1 is 1.14 bits per heavy atom. The molecule has 1 heterocycles. The van der Waals surface area contributed by atoms with Crippen molar-refractivity contribution in [2.45, 2.75) is 25.8 Å². The van der Waals surface area contributed by atoms with Crippen molar-refractivity contribution in [3.05, 3.63) is 69.2 Å². The van der Waals surface area contributed by atoms with Crippen molar-refractivity contribution in [3.8, 4) is 5.75 Å². The van der Waals surface area contributed by atoms with Crippen LogP contribution in [0.25, 0.3) is 5.76 Å². The van der Waals surface area contributed by atoms with Gasteiger partial charge in [0.1, 0.15) is 11.5 Å². The molecule has 1 fully saturated rings. The van der Waals surface area contributed by atoms with Gasteiger partial charge in [-0.15, -0.1) is 0 Å². The third-order valence-corrected chi connectivity index (χ3v) is 5.49. The first kappa shape index (κ1) is 21.2. The van der Waals surface area contributed by atoms with Gasteiger partial charge in [0.25, 0.3) is 11.7 Å². The van der Waals surface area contributed by atoms with Gasteiger partial charge in [0.15, 0.2) is 0 Å². The number of carbonyl (C=O) groups is 2. The van der Waals surface area contributed by atoms with Gasteiger partial charge in [0.2, 0.25) is 0 Å². The SMILES string of the molecule is CCCCN1C(=O)C(=O)/C(=C(/O)c2cc(OC)ccc2Cl)C1c1ccc(Cl)cc1. The number of aliphatic hydroxyl groups excluding tert-OH is 1. The molecular formula is C22H21Cl2NO4. The van der Waals surface area contributed by atoms with E-state index in [-0.39, 0.29) is 21.9 Å². The average molecular weight is 434 g/mol. The van der Waals surface area contributed by atoms with E-state index in [1.54, 1.807) is 36.4 Å². The molecule has 2 aromatic rings. The standard InChI is InChI=1S/C22H21Cl2NO4/c1-3-4-11-25-19(13-5-7-14(23)8-6-13)18(21(27)22(25)28)20(26)16-12-15(29-2)9-10-17(16)24/h5-10,12,19,26H,3-4,11H2,1-2H3/b20-18+. The van der Waals surface area contributed by atoms with Gasteiger partial charge >= 0.3 is 0 Å². The molecule has 1 aliphatic heterocycles. The highest BCUT2D eigenvalue weighted by Gasteiger charge is 2.45. The lowest BCUT2D eigenvalue weighted by atomic mass is 9.95. The zero-order chi connectivity index (χ0) is 21.1. The van der Waals surface area contributed by atoms with Crippen molar-refractivity contribution in [3.63, 3.8) is 0 Å². The monoisotopic (exact) mass is 433 g/mol. The largest absolute Gasteiger partial charge is 0.507 e. The van der Waals surface area contributed by atoms with Crippen LogP contribution >= 0.6 is 23.2 Å². The first-order valence-electron chi connectivity index (χ1n) is 9.26. The molecule has 1 amide bonds. The molecule has 1 saturated heterocycles. The number of benzene rings is 2. The van der Waals surface area contributed by atoms with Gasteiger partial charge in [0, 0.05) is 17.1 Å². The third-order valence-electron chi connectivity index (χ3n) is 4.91. The minimum absolute atomic E-state index is 0.00331. The summed E-state index contributed by atoms with van der Waals surface area (Å²) in [6.07, 6.45) is 1.59. The van der Waals surface area contributed by atoms with Gasteiger partial charge < -0.3 is 14.7 Å². The molecule has 29 heavy (non-hydrogen) atoms. The second kappa shape index (κ2) is 8.89. The number of ether oxygens (including phenoxy) is 1. The predicted molar refractivity (Wildman–Crippen MR) is 113 cm³/mol. The van der Waals surface area contributed by atoms with Crippen molar-refractivity contribution < 1.29 is 19.4 Å². The Labute approximate surface area is 179 Å². The zero-order valence-electron chi connectivity index (χ0n) is 16.1. The number of halogens is 2. The number of hydrogen-bond acceptors (Lipinski definition) is 4. The molecule has 0 aromatic heterocycles. The first-order valence-corrected chi connectivity index (χ1v) is 10.0. The van der Waals surface area contributed by atoms with Crippen LogP contribution < -0.4 is 4.74 Å². The van der Waals surface area contributed by atoms with Crippen LogP contribution in [0, 0.1) is 0 Å². The van der Waals surface area contributed by atoms with E-state index in [1.165, 1.54) is 18.1 Å². The number of nitrogens with zero attached hydrogens (tertiary/aromatic N) is 1. The van der Waals surface area contributed by atoms with E-state index in [9.17, 15) is 14.7 Å². The lowest BCUT2D eigenvalue weighted by Gasteiger charge is -2.25. The van der Waals surface area contributed by atoms with E-state index in [4.69, 9.17) is 27.9 Å². The first-order chi connectivity index (χ1) is 13.9. The van der Waals surface area contributed by atoms with Gasteiger partial charge in [-0.3, -0.25) is 9.59 Å². The van der Waals surface area contributed by atoms with Crippen LogP contribution in [0.15, 0.2) is 48.0 Å². The van der Waals surface area contributed by atoms with Gasteiger partial charge in [-0.05, 0) is 42.3 Å². The molecule has 3 rings (SSSR count). The van der Waals surface area contributed by atoms with E-state index in [2.05, 4.69) is 0 Å². The number of likely N-dealkylation sites (tertiary alicyclic amines) is 1. The van der Waals surface area contributed by atoms with Crippen molar-refractivity contribution in [1.29, 1.82) is 0 Å². The average Bonchev–Trinajstić information content (AvgIpc) is 2.97. The summed E-state index contributed by atoms with van der Waals surface area (Å²) in [4.78, 5) is 27.2. The molecule has 2 aromatic carbocycles. The van der Waals surface area contributed by atoms with E-state index >= 15 is 0 Å². The normalized spacial score (nSPS) is 18.3. The Morgan fingerprint density at radius 3 is 2.45 bits per heavy atom. The second-order valence-corrected chi connectivity index (χ2v) is 7.59. The van der Waals surface area contributed by atoms with Crippen LogP contribution in [0.4, 0.5) is 0 Å². The highest BCUT2D eigenvalue weighted by atomic mass is 35.5. The molecule has 1 atom stereocenters. The lowest BCUT2D eigenvalue weighted by molar-refractivity contribution is -0.139. The molecule has 1 aliphatic rings. The molecule has 0 bridgehead atoms. The maximum Gasteiger partial charge on any atom is 0.295 e. The molecule has 152 valence electrons. The fraction of sp³-hybridized carbons (Fsp3) is 0.273. The lowest BCUT2D eigenvalue weighted by Crippen LogP contribution is -2.30. The summed E-state index contributed by atoms with van der Waals surface area (Å²) in [6.45, 7) is 2.40. The number of methoxy groups -OCH3 is 1. The van der Waals surface area contributed by atoms with Gasteiger partial charge in [0.05, 0.1) is 23.7 Å². The molecule has 0 saturated carbocycles. The second-order valence-electron chi connectivity index (χ2n) is 6.74. The van der Waals surface area contributed by atoms with Gasteiger partial charge in [-0.2, -0.15) is 0 Å². The number of carbonyl (C=O) groups excluding carboxylic acids is 2. The number of hydrogen-bond donors (Lipinski definition) is 1. The molecule has 0 aliphatic carbocycles. The number of rotatable bonds is 6. The molecule has 5 nitrogen and oxygen atoms in total. The molecule has 0 radical (unpaired) electrons. The van der Waals surface area contributed by atoms with Crippen molar-refractivity contribution in [1.82, 2.24) is 4.90 Å². The van der Waals surface area contributed by atoms with Crippen LogP contribution in [0.2, 0.25) is 10.0 Å². The van der Waals surface area contributed by atoms with Crippen molar-refractivity contribution in [2.75, 3.05) is 13.7 Å². The van der Waals surface area contributed by atoms with Crippen molar-refractivity contribution in [2.24, 2.45) is 0 Å². The fourth-order valence-corrected chi connectivity index (χ4v) is 3.72. The summed E-state index contributed by atoms with van der Waals surface area (Å²) in [5.74, 6) is -1.23.